The molecule has 1 N–H and O–H groups in total. The molecule has 3 rings (SSSR count). The third-order valence-electron chi connectivity index (χ3n) is 5.29. The number of anilines is 1. The summed E-state index contributed by atoms with van der Waals surface area (Å²) in [5.74, 6) is 1.39. The highest BCUT2D eigenvalue weighted by molar-refractivity contribution is 5.77. The average molecular weight is 346 g/mol. The predicted octanol–water partition coefficient (Wildman–Crippen LogP) is 2.99. The second kappa shape index (κ2) is 9.09. The van der Waals surface area contributed by atoms with Gasteiger partial charge in [0.1, 0.15) is 12.4 Å². The zero-order valence-corrected chi connectivity index (χ0v) is 15.2. The summed E-state index contributed by atoms with van der Waals surface area (Å²) in [4.78, 5) is 14.4. The average Bonchev–Trinajstić information content (AvgIpc) is 3.15. The molecule has 0 bridgehead atoms. The lowest BCUT2D eigenvalue weighted by molar-refractivity contribution is -0.128. The monoisotopic (exact) mass is 346 g/mol. The van der Waals surface area contributed by atoms with Crippen LogP contribution in [0.15, 0.2) is 24.3 Å². The predicted molar refractivity (Wildman–Crippen MR) is 99.1 cm³/mol. The van der Waals surface area contributed by atoms with E-state index in [0.29, 0.717) is 5.92 Å². The van der Waals surface area contributed by atoms with E-state index in [4.69, 9.17) is 9.47 Å². The normalized spacial score (nSPS) is 21.3. The van der Waals surface area contributed by atoms with Crippen molar-refractivity contribution < 1.29 is 14.3 Å². The Kier molecular flexibility index (Phi) is 6.56. The van der Waals surface area contributed by atoms with Gasteiger partial charge in [0, 0.05) is 31.4 Å². The molecule has 5 nitrogen and oxygen atoms in total. The van der Waals surface area contributed by atoms with Gasteiger partial charge in [0.15, 0.2) is 0 Å². The lowest BCUT2D eigenvalue weighted by Gasteiger charge is -2.22. The summed E-state index contributed by atoms with van der Waals surface area (Å²) >= 11 is 0. The largest absolute Gasteiger partial charge is 0.497 e. The number of hydrogen-bond donors (Lipinski definition) is 1. The zero-order chi connectivity index (χ0) is 17.5. The second-order valence-corrected chi connectivity index (χ2v) is 7.18. The fourth-order valence-electron chi connectivity index (χ4n) is 3.78. The van der Waals surface area contributed by atoms with E-state index in [2.05, 4.69) is 22.3 Å². The Labute approximate surface area is 150 Å². The molecule has 1 saturated heterocycles. The summed E-state index contributed by atoms with van der Waals surface area (Å²) in [6, 6.07) is 8.16. The molecule has 1 aromatic rings. The molecule has 1 atom stereocenters. The van der Waals surface area contributed by atoms with Crippen LogP contribution in [0.5, 0.6) is 5.75 Å². The first-order valence-corrected chi connectivity index (χ1v) is 9.52. The van der Waals surface area contributed by atoms with Crippen molar-refractivity contribution in [3.8, 4) is 5.75 Å². The van der Waals surface area contributed by atoms with Crippen molar-refractivity contribution in [2.45, 2.75) is 44.6 Å². The summed E-state index contributed by atoms with van der Waals surface area (Å²) in [6.07, 6.45) is 7.35. The Balaban J connectivity index is 1.37. The third kappa shape index (κ3) is 5.36. The number of methoxy groups -OCH3 is 1. The fourth-order valence-corrected chi connectivity index (χ4v) is 3.78. The van der Waals surface area contributed by atoms with Crippen LogP contribution in [0.4, 0.5) is 5.69 Å². The van der Waals surface area contributed by atoms with Crippen LogP contribution in [0.1, 0.15) is 38.5 Å². The van der Waals surface area contributed by atoms with E-state index < -0.39 is 0 Å². The number of hydrogen-bond acceptors (Lipinski definition) is 4. The molecule has 2 aliphatic rings. The van der Waals surface area contributed by atoms with Crippen LogP contribution in [-0.4, -0.2) is 45.4 Å². The number of nitrogens with zero attached hydrogens (tertiary/aromatic N) is 1. The van der Waals surface area contributed by atoms with Crippen LogP contribution in [0, 0.1) is 5.92 Å². The lowest BCUT2D eigenvalue weighted by atomic mass is 9.98. The maximum Gasteiger partial charge on any atom is 0.246 e. The molecule has 1 saturated carbocycles. The van der Waals surface area contributed by atoms with Crippen molar-refractivity contribution in [2.75, 3.05) is 38.3 Å². The highest BCUT2D eigenvalue weighted by Gasteiger charge is 2.23. The molecular weight excluding hydrogens is 316 g/mol. The van der Waals surface area contributed by atoms with Gasteiger partial charge in [0.2, 0.25) is 5.91 Å². The number of nitrogens with one attached hydrogen (secondary N) is 1. The van der Waals surface area contributed by atoms with E-state index in [0.717, 1.165) is 44.6 Å². The second-order valence-electron chi connectivity index (χ2n) is 7.18. The van der Waals surface area contributed by atoms with Crippen molar-refractivity contribution in [3.05, 3.63) is 24.3 Å². The van der Waals surface area contributed by atoms with Crippen LogP contribution in [0.2, 0.25) is 0 Å². The van der Waals surface area contributed by atoms with Gasteiger partial charge in [0.05, 0.1) is 13.2 Å². The number of carbonyl (C=O) groups is 1. The summed E-state index contributed by atoms with van der Waals surface area (Å²) in [5, 5.41) is 3.04. The summed E-state index contributed by atoms with van der Waals surface area (Å²) in [7, 11) is 1.69. The SMILES string of the molecule is COc1cccc(N2CC[C@H](CNC(=O)COC3CCCCC3)C2)c1. The lowest BCUT2D eigenvalue weighted by Crippen LogP contribution is -2.34. The smallest absolute Gasteiger partial charge is 0.246 e. The highest BCUT2D eigenvalue weighted by atomic mass is 16.5. The van der Waals surface area contributed by atoms with Crippen molar-refractivity contribution >= 4 is 11.6 Å². The standard InChI is InChI=1S/C20H30N2O3/c1-24-19-9-5-6-17(12-19)22-11-10-16(14-22)13-21-20(23)15-25-18-7-3-2-4-8-18/h5-6,9,12,16,18H,2-4,7-8,10-11,13-15H2,1H3,(H,21,23)/t16-/m1/s1. The number of carbonyl (C=O) groups excluding carboxylic acids is 1. The molecule has 0 radical (unpaired) electrons. The maximum absolute atomic E-state index is 12.0. The Morgan fingerprint density at radius 2 is 2.08 bits per heavy atom. The van der Waals surface area contributed by atoms with Gasteiger partial charge in [-0.3, -0.25) is 4.79 Å². The van der Waals surface area contributed by atoms with Gasteiger partial charge in [-0.25, -0.2) is 0 Å². The van der Waals surface area contributed by atoms with Crippen molar-refractivity contribution in [3.63, 3.8) is 0 Å². The first kappa shape index (κ1) is 18.1. The third-order valence-corrected chi connectivity index (χ3v) is 5.29. The van der Waals surface area contributed by atoms with Crippen LogP contribution in [0.25, 0.3) is 0 Å². The number of rotatable bonds is 7. The van der Waals surface area contributed by atoms with E-state index in [1.54, 1.807) is 7.11 Å². The molecule has 0 spiro atoms. The molecule has 25 heavy (non-hydrogen) atoms. The van der Waals surface area contributed by atoms with Gasteiger partial charge < -0.3 is 19.7 Å². The number of benzene rings is 1. The Bertz CT molecular complexity index is 558. The van der Waals surface area contributed by atoms with Gasteiger partial charge in [-0.15, -0.1) is 0 Å². The van der Waals surface area contributed by atoms with Crippen LogP contribution >= 0.6 is 0 Å². The van der Waals surface area contributed by atoms with Gasteiger partial charge in [0.25, 0.3) is 0 Å². The molecule has 0 unspecified atom stereocenters. The van der Waals surface area contributed by atoms with Crippen molar-refractivity contribution in [1.82, 2.24) is 5.32 Å². The molecular formula is C20H30N2O3. The van der Waals surface area contributed by atoms with E-state index in [1.165, 1.54) is 24.9 Å². The van der Waals surface area contributed by atoms with Gasteiger partial charge in [-0.1, -0.05) is 25.3 Å². The maximum atomic E-state index is 12.0. The van der Waals surface area contributed by atoms with E-state index in [9.17, 15) is 4.79 Å². The van der Waals surface area contributed by atoms with Crippen LogP contribution in [-0.2, 0) is 9.53 Å². The molecule has 1 aliphatic carbocycles. The van der Waals surface area contributed by atoms with Crippen LogP contribution < -0.4 is 15.0 Å². The molecule has 1 aromatic carbocycles. The number of amides is 1. The molecule has 1 amide bonds. The van der Waals surface area contributed by atoms with Crippen molar-refractivity contribution in [2.24, 2.45) is 5.92 Å². The topological polar surface area (TPSA) is 50.8 Å². The molecule has 2 fully saturated rings. The quantitative estimate of drug-likeness (QED) is 0.825. The minimum absolute atomic E-state index is 0.0189. The van der Waals surface area contributed by atoms with Crippen molar-refractivity contribution in [1.29, 1.82) is 0 Å². The van der Waals surface area contributed by atoms with Gasteiger partial charge >= 0.3 is 0 Å². The summed E-state index contributed by atoms with van der Waals surface area (Å²) < 4.78 is 11.0. The van der Waals surface area contributed by atoms with E-state index >= 15 is 0 Å². The molecule has 5 heteroatoms. The van der Waals surface area contributed by atoms with Crippen LogP contribution in [0.3, 0.4) is 0 Å². The summed E-state index contributed by atoms with van der Waals surface area (Å²) in [6.45, 7) is 2.92. The zero-order valence-electron chi connectivity index (χ0n) is 15.2. The van der Waals surface area contributed by atoms with Gasteiger partial charge in [-0.2, -0.15) is 0 Å². The Morgan fingerprint density at radius 1 is 1.24 bits per heavy atom. The van der Waals surface area contributed by atoms with E-state index in [1.807, 2.05) is 12.1 Å². The highest BCUT2D eigenvalue weighted by Crippen LogP contribution is 2.26. The molecule has 0 aromatic heterocycles. The first-order chi connectivity index (χ1) is 12.2. The fraction of sp³-hybridized carbons (Fsp3) is 0.650. The minimum atomic E-state index is 0.0189. The Morgan fingerprint density at radius 3 is 2.88 bits per heavy atom. The molecule has 138 valence electrons. The Hall–Kier alpha value is -1.75. The van der Waals surface area contributed by atoms with Gasteiger partial charge in [-0.05, 0) is 37.3 Å². The summed E-state index contributed by atoms with van der Waals surface area (Å²) in [5.41, 5.74) is 1.19. The van der Waals surface area contributed by atoms with E-state index in [-0.39, 0.29) is 18.6 Å². The minimum Gasteiger partial charge on any atom is -0.497 e. The molecule has 1 aliphatic heterocycles. The first-order valence-electron chi connectivity index (χ1n) is 9.52. The number of ether oxygens (including phenoxy) is 2. The molecule has 1 heterocycles.